The van der Waals surface area contributed by atoms with E-state index in [0.717, 1.165) is 6.07 Å². The summed E-state index contributed by atoms with van der Waals surface area (Å²) in [5.74, 6) is -0.278. The minimum absolute atomic E-state index is 0.0333. The number of para-hydroxylation sites is 1. The molecule has 0 aliphatic heterocycles. The van der Waals surface area contributed by atoms with E-state index in [1.807, 2.05) is 0 Å². The number of hydrogen-bond donors (Lipinski definition) is 0. The van der Waals surface area contributed by atoms with E-state index in [4.69, 9.17) is 27.9 Å². The molecule has 2 aromatic carbocycles. The second-order valence-electron chi connectivity index (χ2n) is 3.57. The quantitative estimate of drug-likeness (QED) is 0.531. The van der Waals surface area contributed by atoms with Gasteiger partial charge in [-0.15, -0.1) is 0 Å². The molecular weight excluding hydrogens is 358 g/mol. The first kappa shape index (κ1) is 14.3. The first-order chi connectivity index (χ1) is 9.02. The Bertz CT molecular complexity index is 647. The van der Waals surface area contributed by atoms with Crippen LogP contribution in [-0.4, -0.2) is 6.29 Å². The van der Waals surface area contributed by atoms with Crippen molar-refractivity contribution in [1.82, 2.24) is 0 Å². The molecule has 0 spiro atoms. The number of ether oxygens (including phenoxy) is 1. The molecule has 0 radical (unpaired) electrons. The summed E-state index contributed by atoms with van der Waals surface area (Å²) in [4.78, 5) is 10.9. The Morgan fingerprint density at radius 2 is 1.95 bits per heavy atom. The second kappa shape index (κ2) is 5.90. The van der Waals surface area contributed by atoms with Crippen LogP contribution in [0, 0.1) is 5.82 Å². The Labute approximate surface area is 127 Å². The van der Waals surface area contributed by atoms with Crippen LogP contribution in [0.3, 0.4) is 0 Å². The fourth-order valence-electron chi connectivity index (χ4n) is 1.42. The number of rotatable bonds is 3. The van der Waals surface area contributed by atoms with Gasteiger partial charge in [-0.2, -0.15) is 0 Å². The van der Waals surface area contributed by atoms with Gasteiger partial charge in [0.1, 0.15) is 11.6 Å². The van der Waals surface area contributed by atoms with Crippen molar-refractivity contribution >= 4 is 45.4 Å². The van der Waals surface area contributed by atoms with Crippen LogP contribution in [0.2, 0.25) is 10.0 Å². The molecule has 0 amide bonds. The Morgan fingerprint density at radius 3 is 2.63 bits per heavy atom. The number of hydrogen-bond acceptors (Lipinski definition) is 2. The molecule has 2 aromatic rings. The lowest BCUT2D eigenvalue weighted by molar-refractivity contribution is 0.112. The minimum Gasteiger partial charge on any atom is -0.454 e. The standard InChI is InChI=1S/C13H6BrCl2FO2/c14-8-4-10(16)11(17)5-12(8)19-13-7(6-18)2-1-3-9(13)15/h1-6H. The Balaban J connectivity index is 2.47. The average Bonchev–Trinajstić information content (AvgIpc) is 2.38. The summed E-state index contributed by atoms with van der Waals surface area (Å²) in [6, 6.07) is 7.23. The molecule has 2 nitrogen and oxygen atoms in total. The van der Waals surface area contributed by atoms with Gasteiger partial charge >= 0.3 is 0 Å². The normalized spacial score (nSPS) is 10.3. The van der Waals surface area contributed by atoms with E-state index in [0.29, 0.717) is 10.8 Å². The topological polar surface area (TPSA) is 26.3 Å². The maximum absolute atomic E-state index is 13.4. The first-order valence-corrected chi connectivity index (χ1v) is 6.64. The van der Waals surface area contributed by atoms with Crippen LogP contribution in [0.25, 0.3) is 0 Å². The predicted octanol–water partition coefficient (Wildman–Crippen LogP) is 5.50. The van der Waals surface area contributed by atoms with Gasteiger partial charge in [0, 0.05) is 6.07 Å². The molecule has 0 atom stereocenters. The zero-order chi connectivity index (χ0) is 14.0. The van der Waals surface area contributed by atoms with Gasteiger partial charge in [0.25, 0.3) is 0 Å². The minimum atomic E-state index is -0.625. The van der Waals surface area contributed by atoms with Gasteiger partial charge in [-0.05, 0) is 34.1 Å². The molecule has 19 heavy (non-hydrogen) atoms. The van der Waals surface area contributed by atoms with Crippen molar-refractivity contribution in [1.29, 1.82) is 0 Å². The lowest BCUT2D eigenvalue weighted by atomic mass is 10.2. The van der Waals surface area contributed by atoms with Crippen molar-refractivity contribution in [3.8, 4) is 11.5 Å². The van der Waals surface area contributed by atoms with Gasteiger partial charge in [-0.3, -0.25) is 4.79 Å². The molecule has 0 aliphatic carbocycles. The summed E-state index contributed by atoms with van der Waals surface area (Å²) >= 11 is 14.8. The zero-order valence-corrected chi connectivity index (χ0v) is 12.4. The van der Waals surface area contributed by atoms with Crippen LogP contribution < -0.4 is 4.74 Å². The molecule has 0 bridgehead atoms. The van der Waals surface area contributed by atoms with Crippen molar-refractivity contribution in [3.63, 3.8) is 0 Å². The van der Waals surface area contributed by atoms with Crippen LogP contribution in [-0.2, 0) is 0 Å². The summed E-state index contributed by atoms with van der Waals surface area (Å²) in [6.45, 7) is 0. The third-order valence-electron chi connectivity index (χ3n) is 2.31. The largest absolute Gasteiger partial charge is 0.454 e. The molecular formula is C13H6BrCl2FO2. The molecule has 0 unspecified atom stereocenters. The molecule has 0 aromatic heterocycles. The highest BCUT2D eigenvalue weighted by Gasteiger charge is 2.13. The van der Waals surface area contributed by atoms with E-state index in [1.165, 1.54) is 6.07 Å². The monoisotopic (exact) mass is 362 g/mol. The summed E-state index contributed by atoms with van der Waals surface area (Å²) in [6.07, 6.45) is 0.612. The summed E-state index contributed by atoms with van der Waals surface area (Å²) in [5, 5.41) is 0.223. The van der Waals surface area contributed by atoms with Crippen LogP contribution >= 0.6 is 39.1 Å². The van der Waals surface area contributed by atoms with Crippen molar-refractivity contribution in [2.45, 2.75) is 0 Å². The molecule has 0 saturated carbocycles. The Kier molecular flexibility index (Phi) is 4.45. The number of aldehydes is 1. The third-order valence-corrected chi connectivity index (χ3v) is 3.52. The molecule has 6 heteroatoms. The van der Waals surface area contributed by atoms with Gasteiger partial charge in [0.15, 0.2) is 12.0 Å². The first-order valence-electron chi connectivity index (χ1n) is 5.09. The predicted molar refractivity (Wildman–Crippen MR) is 76.0 cm³/mol. The SMILES string of the molecule is O=Cc1cccc(Cl)c1Oc1cc(F)c(Cl)cc1Br. The van der Waals surface area contributed by atoms with Crippen LogP contribution in [0.4, 0.5) is 4.39 Å². The fourth-order valence-corrected chi connectivity index (χ4v) is 2.36. The van der Waals surface area contributed by atoms with Gasteiger partial charge in [-0.25, -0.2) is 4.39 Å². The maximum atomic E-state index is 13.4. The lowest BCUT2D eigenvalue weighted by Gasteiger charge is -2.11. The average molecular weight is 364 g/mol. The molecule has 0 fully saturated rings. The van der Waals surface area contributed by atoms with Crippen LogP contribution in [0.1, 0.15) is 10.4 Å². The molecule has 0 saturated heterocycles. The highest BCUT2D eigenvalue weighted by molar-refractivity contribution is 9.10. The Morgan fingerprint density at radius 1 is 1.21 bits per heavy atom. The van der Waals surface area contributed by atoms with E-state index in [9.17, 15) is 9.18 Å². The number of carbonyl (C=O) groups excluding carboxylic acids is 1. The van der Waals surface area contributed by atoms with Gasteiger partial charge in [-0.1, -0.05) is 29.3 Å². The summed E-state index contributed by atoms with van der Waals surface area (Å²) < 4.78 is 19.4. The van der Waals surface area contributed by atoms with Crippen LogP contribution in [0.5, 0.6) is 11.5 Å². The van der Waals surface area contributed by atoms with E-state index in [-0.39, 0.29) is 27.1 Å². The van der Waals surface area contributed by atoms with Crippen LogP contribution in [0.15, 0.2) is 34.8 Å². The van der Waals surface area contributed by atoms with E-state index < -0.39 is 5.82 Å². The van der Waals surface area contributed by atoms with Gasteiger partial charge < -0.3 is 4.74 Å². The van der Waals surface area contributed by atoms with Crippen molar-refractivity contribution in [3.05, 3.63) is 56.2 Å². The second-order valence-corrected chi connectivity index (χ2v) is 5.24. The van der Waals surface area contributed by atoms with Crippen molar-refractivity contribution in [2.24, 2.45) is 0 Å². The molecule has 0 N–H and O–H groups in total. The lowest BCUT2D eigenvalue weighted by Crippen LogP contribution is -1.93. The molecule has 98 valence electrons. The number of carbonyl (C=O) groups is 1. The van der Waals surface area contributed by atoms with E-state index in [1.54, 1.807) is 18.2 Å². The highest BCUT2D eigenvalue weighted by Crippen LogP contribution is 2.37. The zero-order valence-electron chi connectivity index (χ0n) is 9.29. The molecule has 0 heterocycles. The maximum Gasteiger partial charge on any atom is 0.156 e. The number of benzene rings is 2. The number of halogens is 4. The Hall–Kier alpha value is -1.10. The van der Waals surface area contributed by atoms with E-state index >= 15 is 0 Å². The van der Waals surface area contributed by atoms with Gasteiger partial charge in [0.05, 0.1) is 20.1 Å². The van der Waals surface area contributed by atoms with Crippen molar-refractivity contribution < 1.29 is 13.9 Å². The molecule has 0 aliphatic rings. The van der Waals surface area contributed by atoms with Gasteiger partial charge in [0.2, 0.25) is 0 Å². The smallest absolute Gasteiger partial charge is 0.156 e. The van der Waals surface area contributed by atoms with Crippen molar-refractivity contribution in [2.75, 3.05) is 0 Å². The van der Waals surface area contributed by atoms with E-state index in [2.05, 4.69) is 15.9 Å². The fraction of sp³-hybridized carbons (Fsp3) is 0. The third kappa shape index (κ3) is 3.08. The highest BCUT2D eigenvalue weighted by atomic mass is 79.9. The molecule has 2 rings (SSSR count). The summed E-state index contributed by atoms with van der Waals surface area (Å²) in [7, 11) is 0. The summed E-state index contributed by atoms with van der Waals surface area (Å²) in [5.41, 5.74) is 0.273.